The summed E-state index contributed by atoms with van der Waals surface area (Å²) in [5, 5.41) is 0.972. The van der Waals surface area contributed by atoms with E-state index in [0.717, 1.165) is 22.3 Å². The summed E-state index contributed by atoms with van der Waals surface area (Å²) in [6.45, 7) is 2.00. The predicted octanol–water partition coefficient (Wildman–Crippen LogP) is 3.81. The first-order valence-electron chi connectivity index (χ1n) is 6.77. The van der Waals surface area contributed by atoms with E-state index < -0.39 is 0 Å². The zero-order chi connectivity index (χ0) is 15.0. The topological polar surface area (TPSA) is 29.0 Å². The average molecular weight is 281 g/mol. The summed E-state index contributed by atoms with van der Waals surface area (Å²) >= 11 is 0. The molecule has 3 aromatic rings. The van der Waals surface area contributed by atoms with Crippen LogP contribution in [0.15, 0.2) is 42.5 Å². The van der Waals surface area contributed by atoms with Crippen molar-refractivity contribution in [3.8, 4) is 11.4 Å². The number of para-hydroxylation sites is 1. The Morgan fingerprint density at radius 3 is 2.43 bits per heavy atom. The molecule has 0 unspecified atom stereocenters. The number of benzene rings is 2. The van der Waals surface area contributed by atoms with Crippen molar-refractivity contribution in [3.63, 3.8) is 0 Å². The summed E-state index contributed by atoms with van der Waals surface area (Å²) in [5.41, 5.74) is 2.33. The highest BCUT2D eigenvalue weighted by Crippen LogP contribution is 2.29. The predicted molar refractivity (Wildman–Crippen MR) is 84.0 cm³/mol. The Kier molecular flexibility index (Phi) is 3.29. The minimum absolute atomic E-state index is 0.310. The van der Waals surface area contributed by atoms with Gasteiger partial charge in [0.05, 0.1) is 11.1 Å². The summed E-state index contributed by atoms with van der Waals surface area (Å²) in [6, 6.07) is 12.6. The van der Waals surface area contributed by atoms with Gasteiger partial charge >= 0.3 is 0 Å². The summed E-state index contributed by atoms with van der Waals surface area (Å²) in [6.07, 6.45) is 0. The van der Waals surface area contributed by atoms with Crippen LogP contribution < -0.4 is 4.90 Å². The van der Waals surface area contributed by atoms with Crippen LogP contribution in [0.5, 0.6) is 0 Å². The largest absolute Gasteiger partial charge is 0.362 e. The SMILES string of the molecule is Cc1cccc2c(N(C)C)nc(-c3ccccc3F)nc12. The van der Waals surface area contributed by atoms with Crippen LogP contribution in [0.4, 0.5) is 10.2 Å². The van der Waals surface area contributed by atoms with Gasteiger partial charge < -0.3 is 4.90 Å². The molecule has 3 rings (SSSR count). The van der Waals surface area contributed by atoms with E-state index in [4.69, 9.17) is 0 Å². The molecule has 106 valence electrons. The van der Waals surface area contributed by atoms with Crippen LogP contribution >= 0.6 is 0 Å². The zero-order valence-corrected chi connectivity index (χ0v) is 12.3. The number of nitrogens with zero attached hydrogens (tertiary/aromatic N) is 3. The highest BCUT2D eigenvalue weighted by molar-refractivity contribution is 5.92. The summed E-state index contributed by atoms with van der Waals surface area (Å²) in [7, 11) is 3.85. The molecule has 0 atom stereocenters. The Bertz CT molecular complexity index is 812. The standard InChI is InChI=1S/C17H16FN3/c1-11-7-6-9-13-15(11)19-16(20-17(13)21(2)3)12-8-4-5-10-14(12)18/h4-10H,1-3H3. The third-order valence-corrected chi connectivity index (χ3v) is 3.45. The van der Waals surface area contributed by atoms with Gasteiger partial charge in [0.15, 0.2) is 5.82 Å². The van der Waals surface area contributed by atoms with Crippen LogP contribution in [0.3, 0.4) is 0 Å². The van der Waals surface area contributed by atoms with Gasteiger partial charge in [-0.1, -0.05) is 24.3 Å². The second kappa shape index (κ2) is 5.13. The Hall–Kier alpha value is -2.49. The maximum absolute atomic E-state index is 14.0. The monoisotopic (exact) mass is 281 g/mol. The molecule has 21 heavy (non-hydrogen) atoms. The fourth-order valence-corrected chi connectivity index (χ4v) is 2.38. The number of halogens is 1. The minimum atomic E-state index is -0.310. The molecule has 0 N–H and O–H groups in total. The maximum Gasteiger partial charge on any atom is 0.165 e. The van der Waals surface area contributed by atoms with Crippen LogP contribution in [0, 0.1) is 12.7 Å². The highest BCUT2D eigenvalue weighted by Gasteiger charge is 2.14. The van der Waals surface area contributed by atoms with Crippen molar-refractivity contribution < 1.29 is 4.39 Å². The summed E-state index contributed by atoms with van der Waals surface area (Å²) < 4.78 is 14.0. The number of hydrogen-bond acceptors (Lipinski definition) is 3. The van der Waals surface area contributed by atoms with Crippen LogP contribution in [-0.4, -0.2) is 24.1 Å². The highest BCUT2D eigenvalue weighted by atomic mass is 19.1. The smallest absolute Gasteiger partial charge is 0.165 e. The van der Waals surface area contributed by atoms with E-state index in [0.29, 0.717) is 11.4 Å². The molecule has 3 nitrogen and oxygen atoms in total. The van der Waals surface area contributed by atoms with Crippen LogP contribution in [0.2, 0.25) is 0 Å². The number of aromatic nitrogens is 2. The van der Waals surface area contributed by atoms with Crippen molar-refractivity contribution in [1.82, 2.24) is 9.97 Å². The third-order valence-electron chi connectivity index (χ3n) is 3.45. The number of aryl methyl sites for hydroxylation is 1. The van der Waals surface area contributed by atoms with Crippen molar-refractivity contribution >= 4 is 16.7 Å². The molecule has 4 heteroatoms. The quantitative estimate of drug-likeness (QED) is 0.715. The molecule has 0 aliphatic carbocycles. The second-order valence-corrected chi connectivity index (χ2v) is 5.22. The van der Waals surface area contributed by atoms with Gasteiger partial charge in [-0.25, -0.2) is 14.4 Å². The molecule has 1 aromatic heterocycles. The lowest BCUT2D eigenvalue weighted by Gasteiger charge is -2.16. The van der Waals surface area contributed by atoms with Gasteiger partial charge in [0.2, 0.25) is 0 Å². The van der Waals surface area contributed by atoms with Crippen LogP contribution in [0.1, 0.15) is 5.56 Å². The molecular formula is C17H16FN3. The first kappa shape index (κ1) is 13.5. The molecular weight excluding hydrogens is 265 g/mol. The summed E-state index contributed by atoms with van der Waals surface area (Å²) in [4.78, 5) is 11.0. The van der Waals surface area contributed by atoms with Crippen molar-refractivity contribution in [1.29, 1.82) is 0 Å². The van der Waals surface area contributed by atoms with Crippen molar-refractivity contribution in [3.05, 3.63) is 53.8 Å². The molecule has 1 heterocycles. The van der Waals surface area contributed by atoms with E-state index in [1.807, 2.05) is 44.1 Å². The number of anilines is 1. The maximum atomic E-state index is 14.0. The van der Waals surface area contributed by atoms with Crippen molar-refractivity contribution in [2.75, 3.05) is 19.0 Å². The first-order valence-corrected chi connectivity index (χ1v) is 6.77. The Morgan fingerprint density at radius 2 is 1.71 bits per heavy atom. The van der Waals surface area contributed by atoms with Crippen molar-refractivity contribution in [2.24, 2.45) is 0 Å². The molecule has 0 radical (unpaired) electrons. The number of fused-ring (bicyclic) bond motifs is 1. The third kappa shape index (κ3) is 2.33. The molecule has 0 fully saturated rings. The second-order valence-electron chi connectivity index (χ2n) is 5.22. The molecule has 0 saturated carbocycles. The van der Waals surface area contributed by atoms with E-state index >= 15 is 0 Å². The van der Waals surface area contributed by atoms with E-state index in [-0.39, 0.29) is 5.82 Å². The molecule has 0 aliphatic heterocycles. The lowest BCUT2D eigenvalue weighted by molar-refractivity contribution is 0.630. The summed E-state index contributed by atoms with van der Waals surface area (Å²) in [5.74, 6) is 0.899. The zero-order valence-electron chi connectivity index (χ0n) is 12.3. The number of rotatable bonds is 2. The van der Waals surface area contributed by atoms with Gasteiger partial charge in [-0.3, -0.25) is 0 Å². The van der Waals surface area contributed by atoms with Gasteiger partial charge in [0.25, 0.3) is 0 Å². The Morgan fingerprint density at radius 1 is 0.952 bits per heavy atom. The van der Waals surface area contributed by atoms with Gasteiger partial charge in [0, 0.05) is 19.5 Å². The van der Waals surface area contributed by atoms with Gasteiger partial charge in [-0.2, -0.15) is 0 Å². The lowest BCUT2D eigenvalue weighted by atomic mass is 10.1. The van der Waals surface area contributed by atoms with Gasteiger partial charge in [0.1, 0.15) is 11.6 Å². The molecule has 0 bridgehead atoms. The van der Waals surface area contributed by atoms with E-state index in [1.54, 1.807) is 18.2 Å². The molecule has 0 amide bonds. The molecule has 0 aliphatic rings. The van der Waals surface area contributed by atoms with Gasteiger partial charge in [-0.05, 0) is 30.7 Å². The van der Waals surface area contributed by atoms with E-state index in [9.17, 15) is 4.39 Å². The fraction of sp³-hybridized carbons (Fsp3) is 0.176. The van der Waals surface area contributed by atoms with Crippen LogP contribution in [-0.2, 0) is 0 Å². The Balaban J connectivity index is 2.36. The van der Waals surface area contributed by atoms with Crippen molar-refractivity contribution in [2.45, 2.75) is 6.92 Å². The normalized spacial score (nSPS) is 10.9. The average Bonchev–Trinajstić information content (AvgIpc) is 2.47. The number of hydrogen-bond donors (Lipinski definition) is 0. The lowest BCUT2D eigenvalue weighted by Crippen LogP contribution is -2.12. The van der Waals surface area contributed by atoms with Gasteiger partial charge in [-0.15, -0.1) is 0 Å². The minimum Gasteiger partial charge on any atom is -0.362 e. The molecule has 2 aromatic carbocycles. The fourth-order valence-electron chi connectivity index (χ4n) is 2.38. The molecule has 0 spiro atoms. The first-order chi connectivity index (χ1) is 10.1. The Labute approximate surface area is 123 Å². The van der Waals surface area contributed by atoms with Crippen LogP contribution in [0.25, 0.3) is 22.3 Å². The van der Waals surface area contributed by atoms with E-state index in [1.165, 1.54) is 6.07 Å². The van der Waals surface area contributed by atoms with E-state index in [2.05, 4.69) is 9.97 Å². The molecule has 0 saturated heterocycles.